The lowest BCUT2D eigenvalue weighted by Gasteiger charge is -2.25. The molecule has 1 fully saturated rings. The molecule has 0 radical (unpaired) electrons. The van der Waals surface area contributed by atoms with Gasteiger partial charge in [0.1, 0.15) is 10.9 Å². The van der Waals surface area contributed by atoms with Crippen LogP contribution >= 0.6 is 35.3 Å². The fourth-order valence-electron chi connectivity index (χ4n) is 3.86. The number of rotatable bonds is 7. The van der Waals surface area contributed by atoms with Gasteiger partial charge in [0, 0.05) is 26.8 Å². The molecule has 1 N–H and O–H groups in total. The molecular formula is C28H20N2O3S3. The van der Waals surface area contributed by atoms with Crippen molar-refractivity contribution >= 4 is 74.7 Å². The maximum Gasteiger partial charge on any atom is 0.323 e. The predicted molar refractivity (Wildman–Crippen MR) is 152 cm³/mol. The number of carbonyl (C=O) groups is 2. The lowest BCUT2D eigenvalue weighted by molar-refractivity contribution is -0.140. The van der Waals surface area contributed by atoms with Crippen molar-refractivity contribution in [2.24, 2.45) is 0 Å². The van der Waals surface area contributed by atoms with Crippen molar-refractivity contribution in [2.45, 2.75) is 0 Å². The van der Waals surface area contributed by atoms with Crippen LogP contribution in [0, 0.1) is 0 Å². The van der Waals surface area contributed by atoms with Gasteiger partial charge < -0.3 is 10.0 Å². The van der Waals surface area contributed by atoms with Gasteiger partial charge in [-0.25, -0.2) is 0 Å². The van der Waals surface area contributed by atoms with Crippen LogP contribution < -0.4 is 4.90 Å². The molecule has 0 unspecified atom stereocenters. The zero-order valence-electron chi connectivity index (χ0n) is 18.9. The van der Waals surface area contributed by atoms with E-state index in [0.717, 1.165) is 49.0 Å². The first-order valence-electron chi connectivity index (χ1n) is 11.1. The summed E-state index contributed by atoms with van der Waals surface area (Å²) in [6.45, 7) is -0.424. The number of benzene rings is 3. The van der Waals surface area contributed by atoms with Crippen LogP contribution in [0.3, 0.4) is 0 Å². The van der Waals surface area contributed by atoms with E-state index >= 15 is 0 Å². The van der Waals surface area contributed by atoms with Gasteiger partial charge in [-0.15, -0.1) is 11.3 Å². The summed E-state index contributed by atoms with van der Waals surface area (Å²) in [5, 5.41) is 9.01. The van der Waals surface area contributed by atoms with Crippen LogP contribution in [0.5, 0.6) is 0 Å². The van der Waals surface area contributed by atoms with Gasteiger partial charge in [0.05, 0.1) is 4.91 Å². The van der Waals surface area contributed by atoms with E-state index in [1.165, 1.54) is 0 Å². The normalized spacial score (nSPS) is 14.4. The quantitative estimate of drug-likeness (QED) is 0.203. The van der Waals surface area contributed by atoms with E-state index in [0.29, 0.717) is 4.91 Å². The largest absolute Gasteiger partial charge is 0.480 e. The Bertz CT molecular complexity index is 1410. The number of hydrogen-bond donors (Lipinski definition) is 1. The molecule has 0 atom stereocenters. The van der Waals surface area contributed by atoms with E-state index in [2.05, 4.69) is 53.4 Å². The van der Waals surface area contributed by atoms with Crippen LogP contribution in [-0.2, 0) is 9.59 Å². The van der Waals surface area contributed by atoms with Crippen LogP contribution in [0.1, 0.15) is 4.88 Å². The number of anilines is 3. The molecule has 0 bridgehead atoms. The SMILES string of the molecule is O=C(O)CN1C(=O)/C(=C/c2ccc(-c3ccc(N(c4ccccc4)c4ccccc4)cc3)s2)SC1=S. The Morgan fingerprint density at radius 3 is 2.03 bits per heavy atom. The number of carboxylic acids is 1. The van der Waals surface area contributed by atoms with E-state index < -0.39 is 12.5 Å². The fraction of sp³-hybridized carbons (Fsp3) is 0.0357. The van der Waals surface area contributed by atoms with Gasteiger partial charge in [-0.3, -0.25) is 14.5 Å². The van der Waals surface area contributed by atoms with Crippen molar-refractivity contribution in [1.82, 2.24) is 4.90 Å². The molecule has 8 heteroatoms. The van der Waals surface area contributed by atoms with Gasteiger partial charge >= 0.3 is 5.97 Å². The molecule has 1 amide bonds. The maximum atomic E-state index is 12.6. The minimum atomic E-state index is -1.09. The third-order valence-corrected chi connectivity index (χ3v) is 7.97. The van der Waals surface area contributed by atoms with Gasteiger partial charge in [0.2, 0.25) is 0 Å². The number of hydrogen-bond acceptors (Lipinski definition) is 6. The van der Waals surface area contributed by atoms with Gasteiger partial charge in [0.15, 0.2) is 0 Å². The van der Waals surface area contributed by atoms with E-state index in [9.17, 15) is 9.59 Å². The lowest BCUT2D eigenvalue weighted by atomic mass is 10.1. The summed E-state index contributed by atoms with van der Waals surface area (Å²) in [6.07, 6.45) is 1.77. The fourth-order valence-corrected chi connectivity index (χ4v) is 6.14. The Kier molecular flexibility index (Phi) is 6.99. The standard InChI is InChI=1S/C28H20N2O3S3/c31-26(32)18-29-27(33)25(36-28(29)34)17-23-15-16-24(35-23)19-11-13-22(14-12-19)30(20-7-3-1-4-8-20)21-9-5-2-6-10-21/h1-17H,18H2,(H,31,32)/b25-17-. The minimum absolute atomic E-state index is 0.266. The zero-order chi connectivity index (χ0) is 25.1. The summed E-state index contributed by atoms with van der Waals surface area (Å²) in [5.41, 5.74) is 4.28. The number of thiophene rings is 1. The van der Waals surface area contributed by atoms with Gasteiger partial charge in [-0.05, 0) is 60.2 Å². The van der Waals surface area contributed by atoms with E-state index in [-0.39, 0.29) is 10.2 Å². The average molecular weight is 529 g/mol. The summed E-state index contributed by atoms with van der Waals surface area (Å²) in [7, 11) is 0. The van der Waals surface area contributed by atoms with Gasteiger partial charge in [-0.1, -0.05) is 72.5 Å². The second-order valence-electron chi connectivity index (χ2n) is 7.92. The first-order chi connectivity index (χ1) is 17.5. The molecule has 4 aromatic rings. The molecule has 1 saturated heterocycles. The van der Waals surface area contributed by atoms with E-state index in [4.69, 9.17) is 17.3 Å². The number of carboxylic acid groups (broad SMARTS) is 1. The van der Waals surface area contributed by atoms with Crippen molar-refractivity contribution in [3.05, 3.63) is 107 Å². The predicted octanol–water partition coefficient (Wildman–Crippen LogP) is 7.17. The molecule has 5 rings (SSSR count). The molecular weight excluding hydrogens is 509 g/mol. The van der Waals surface area contributed by atoms with Crippen molar-refractivity contribution in [1.29, 1.82) is 0 Å². The third kappa shape index (κ3) is 5.11. The Morgan fingerprint density at radius 2 is 1.44 bits per heavy atom. The smallest absolute Gasteiger partial charge is 0.323 e. The van der Waals surface area contributed by atoms with Crippen LogP contribution in [0.2, 0.25) is 0 Å². The Balaban J connectivity index is 1.39. The molecule has 1 aliphatic rings. The molecule has 2 heterocycles. The molecule has 178 valence electrons. The molecule has 3 aromatic carbocycles. The number of thiocarbonyl (C=S) groups is 1. The Hall–Kier alpha value is -3.72. The third-order valence-electron chi connectivity index (χ3n) is 5.51. The number of aliphatic carboxylic acids is 1. The van der Waals surface area contributed by atoms with E-state index in [1.807, 2.05) is 48.5 Å². The Labute approximate surface area is 222 Å². The molecule has 0 aliphatic carbocycles. The topological polar surface area (TPSA) is 60.9 Å². The summed E-state index contributed by atoms with van der Waals surface area (Å²) in [5.74, 6) is -1.46. The highest BCUT2D eigenvalue weighted by Crippen LogP contribution is 2.38. The molecule has 0 saturated carbocycles. The maximum absolute atomic E-state index is 12.6. The van der Waals surface area contributed by atoms with E-state index in [1.54, 1.807) is 17.4 Å². The number of carbonyl (C=O) groups excluding carboxylic acids is 1. The first kappa shape index (κ1) is 24.0. The van der Waals surface area contributed by atoms with Crippen molar-refractivity contribution < 1.29 is 14.7 Å². The second kappa shape index (κ2) is 10.5. The van der Waals surface area contributed by atoms with Crippen LogP contribution in [0.15, 0.2) is 102 Å². The highest BCUT2D eigenvalue weighted by Gasteiger charge is 2.33. The van der Waals surface area contributed by atoms with Crippen molar-refractivity contribution in [3.8, 4) is 10.4 Å². The van der Waals surface area contributed by atoms with Crippen LogP contribution in [0.25, 0.3) is 16.5 Å². The number of nitrogens with zero attached hydrogens (tertiary/aromatic N) is 2. The highest BCUT2D eigenvalue weighted by molar-refractivity contribution is 8.26. The van der Waals surface area contributed by atoms with Gasteiger partial charge in [0.25, 0.3) is 5.91 Å². The number of para-hydroxylation sites is 2. The first-order valence-corrected chi connectivity index (χ1v) is 13.1. The molecule has 0 spiro atoms. The van der Waals surface area contributed by atoms with Crippen LogP contribution in [0.4, 0.5) is 17.1 Å². The number of amides is 1. The molecule has 1 aliphatic heterocycles. The lowest BCUT2D eigenvalue weighted by Crippen LogP contribution is -2.33. The summed E-state index contributed by atoms with van der Waals surface area (Å²) >= 11 is 7.87. The second-order valence-corrected chi connectivity index (χ2v) is 10.7. The Morgan fingerprint density at radius 1 is 0.861 bits per heavy atom. The number of thioether (sulfide) groups is 1. The van der Waals surface area contributed by atoms with Crippen molar-refractivity contribution in [2.75, 3.05) is 11.4 Å². The molecule has 5 nitrogen and oxygen atoms in total. The molecule has 36 heavy (non-hydrogen) atoms. The average Bonchev–Trinajstić information content (AvgIpc) is 3.46. The summed E-state index contributed by atoms with van der Waals surface area (Å²) in [6, 6.07) is 32.9. The summed E-state index contributed by atoms with van der Waals surface area (Å²) in [4.78, 5) is 29.3. The molecule has 1 aromatic heterocycles. The highest BCUT2D eigenvalue weighted by atomic mass is 32.2. The minimum Gasteiger partial charge on any atom is -0.480 e. The van der Waals surface area contributed by atoms with Crippen LogP contribution in [-0.4, -0.2) is 32.7 Å². The summed E-state index contributed by atoms with van der Waals surface area (Å²) < 4.78 is 0.266. The zero-order valence-corrected chi connectivity index (χ0v) is 21.4. The monoisotopic (exact) mass is 528 g/mol. The van der Waals surface area contributed by atoms with Gasteiger partial charge in [-0.2, -0.15) is 0 Å². The van der Waals surface area contributed by atoms with Crippen molar-refractivity contribution in [3.63, 3.8) is 0 Å².